The summed E-state index contributed by atoms with van der Waals surface area (Å²) in [5.41, 5.74) is 5.28. The van der Waals surface area contributed by atoms with E-state index in [-0.39, 0.29) is 6.03 Å². The Morgan fingerprint density at radius 1 is 1.03 bits per heavy atom. The summed E-state index contributed by atoms with van der Waals surface area (Å²) >= 11 is 0. The molecule has 0 aliphatic carbocycles. The fourth-order valence-corrected chi connectivity index (χ4v) is 3.77. The van der Waals surface area contributed by atoms with Gasteiger partial charge in [0.25, 0.3) is 0 Å². The van der Waals surface area contributed by atoms with E-state index in [1.54, 1.807) is 7.11 Å². The molecule has 0 spiro atoms. The van der Waals surface area contributed by atoms with E-state index in [0.717, 1.165) is 24.0 Å². The van der Waals surface area contributed by atoms with Crippen molar-refractivity contribution in [2.75, 3.05) is 43.5 Å². The standard InChI is InChI=1S/C23H26N4O2/c1-16-7-6-10-21(17(16)2)26-11-13-27(14-12-26)23(28)25-20-15-18-8-4-5-9-19(18)24-22(20)29-3/h4-10,15H,11-14H2,1-3H3,(H,25,28). The Labute approximate surface area is 171 Å². The van der Waals surface area contributed by atoms with Gasteiger partial charge in [0.1, 0.15) is 5.69 Å². The number of aromatic nitrogens is 1. The summed E-state index contributed by atoms with van der Waals surface area (Å²) in [6.07, 6.45) is 0. The van der Waals surface area contributed by atoms with Crippen LogP contribution in [0.5, 0.6) is 5.88 Å². The number of urea groups is 1. The second-order valence-corrected chi connectivity index (χ2v) is 7.36. The molecule has 0 bridgehead atoms. The van der Waals surface area contributed by atoms with Crippen LogP contribution >= 0.6 is 0 Å². The van der Waals surface area contributed by atoms with Crippen LogP contribution in [0.1, 0.15) is 11.1 Å². The van der Waals surface area contributed by atoms with Crippen molar-refractivity contribution in [1.29, 1.82) is 0 Å². The molecule has 1 N–H and O–H groups in total. The molecular formula is C23H26N4O2. The number of aryl methyl sites for hydroxylation is 1. The van der Waals surface area contributed by atoms with Crippen molar-refractivity contribution in [2.45, 2.75) is 13.8 Å². The van der Waals surface area contributed by atoms with Crippen molar-refractivity contribution in [3.63, 3.8) is 0 Å². The summed E-state index contributed by atoms with van der Waals surface area (Å²) < 4.78 is 5.39. The van der Waals surface area contributed by atoms with Crippen molar-refractivity contribution >= 4 is 28.3 Å². The summed E-state index contributed by atoms with van der Waals surface area (Å²) in [4.78, 5) is 21.5. The summed E-state index contributed by atoms with van der Waals surface area (Å²) in [5.74, 6) is 0.422. The van der Waals surface area contributed by atoms with Gasteiger partial charge in [0.05, 0.1) is 12.6 Å². The Kier molecular flexibility index (Phi) is 5.25. The number of fused-ring (bicyclic) bond motifs is 1. The zero-order valence-corrected chi connectivity index (χ0v) is 17.1. The van der Waals surface area contributed by atoms with E-state index < -0.39 is 0 Å². The van der Waals surface area contributed by atoms with E-state index >= 15 is 0 Å². The number of amides is 2. The maximum atomic E-state index is 12.8. The average Bonchev–Trinajstić information content (AvgIpc) is 2.75. The smallest absolute Gasteiger partial charge is 0.322 e. The second-order valence-electron chi connectivity index (χ2n) is 7.36. The first-order valence-electron chi connectivity index (χ1n) is 9.87. The van der Waals surface area contributed by atoms with Gasteiger partial charge in [-0.3, -0.25) is 0 Å². The van der Waals surface area contributed by atoms with Gasteiger partial charge in [-0.05, 0) is 43.2 Å². The van der Waals surface area contributed by atoms with E-state index in [9.17, 15) is 4.79 Å². The van der Waals surface area contributed by atoms with Gasteiger partial charge in [-0.15, -0.1) is 0 Å². The lowest BCUT2D eigenvalue weighted by molar-refractivity contribution is 0.208. The van der Waals surface area contributed by atoms with Crippen molar-refractivity contribution < 1.29 is 9.53 Å². The maximum Gasteiger partial charge on any atom is 0.322 e. The van der Waals surface area contributed by atoms with Gasteiger partial charge in [0.15, 0.2) is 0 Å². The number of ether oxygens (including phenoxy) is 1. The number of hydrogen-bond acceptors (Lipinski definition) is 4. The molecule has 4 rings (SSSR count). The number of pyridine rings is 1. The van der Waals surface area contributed by atoms with Crippen LogP contribution in [-0.4, -0.2) is 49.2 Å². The highest BCUT2D eigenvalue weighted by molar-refractivity contribution is 5.94. The highest BCUT2D eigenvalue weighted by Gasteiger charge is 2.23. The first-order valence-corrected chi connectivity index (χ1v) is 9.87. The van der Waals surface area contributed by atoms with Gasteiger partial charge < -0.3 is 19.9 Å². The molecule has 0 unspecified atom stereocenters. The maximum absolute atomic E-state index is 12.8. The van der Waals surface area contributed by atoms with E-state index in [2.05, 4.69) is 47.2 Å². The lowest BCUT2D eigenvalue weighted by Crippen LogP contribution is -2.50. The number of carbonyl (C=O) groups is 1. The van der Waals surface area contributed by atoms with E-state index in [0.29, 0.717) is 24.7 Å². The number of para-hydroxylation sites is 1. The quantitative estimate of drug-likeness (QED) is 0.728. The van der Waals surface area contributed by atoms with E-state index in [1.165, 1.54) is 16.8 Å². The molecule has 0 radical (unpaired) electrons. The molecule has 6 heteroatoms. The molecule has 1 aromatic heterocycles. The molecule has 0 atom stereocenters. The number of anilines is 2. The summed E-state index contributed by atoms with van der Waals surface area (Å²) in [7, 11) is 1.57. The van der Waals surface area contributed by atoms with E-state index in [1.807, 2.05) is 35.2 Å². The number of nitrogens with zero attached hydrogens (tertiary/aromatic N) is 3. The lowest BCUT2D eigenvalue weighted by atomic mass is 10.1. The van der Waals surface area contributed by atoms with E-state index in [4.69, 9.17) is 4.74 Å². The van der Waals surface area contributed by atoms with Crippen LogP contribution in [0.4, 0.5) is 16.2 Å². The molecule has 3 aromatic rings. The fourth-order valence-electron chi connectivity index (χ4n) is 3.77. The number of rotatable bonds is 3. The monoisotopic (exact) mass is 390 g/mol. The van der Waals surface area contributed by atoms with Gasteiger partial charge in [-0.1, -0.05) is 30.3 Å². The summed E-state index contributed by atoms with van der Waals surface area (Å²) in [6.45, 7) is 7.25. The number of methoxy groups -OCH3 is 1. The number of piperazine rings is 1. The normalized spacial score (nSPS) is 14.2. The van der Waals surface area contributed by atoms with Crippen molar-refractivity contribution in [1.82, 2.24) is 9.88 Å². The minimum absolute atomic E-state index is 0.124. The molecule has 0 saturated carbocycles. The Hall–Kier alpha value is -3.28. The second kappa shape index (κ2) is 7.99. The predicted molar refractivity (Wildman–Crippen MR) is 117 cm³/mol. The van der Waals surface area contributed by atoms with Gasteiger partial charge >= 0.3 is 6.03 Å². The van der Waals surface area contributed by atoms with Crippen LogP contribution in [0.25, 0.3) is 10.9 Å². The molecule has 2 amide bonds. The zero-order chi connectivity index (χ0) is 20.4. The average molecular weight is 390 g/mol. The molecule has 1 saturated heterocycles. The third kappa shape index (κ3) is 3.83. The van der Waals surface area contributed by atoms with Crippen molar-refractivity contribution in [3.8, 4) is 5.88 Å². The first-order chi connectivity index (χ1) is 14.1. The highest BCUT2D eigenvalue weighted by atomic mass is 16.5. The molecule has 1 aliphatic heterocycles. The van der Waals surface area contributed by atoms with Crippen molar-refractivity contribution in [3.05, 3.63) is 59.7 Å². The Morgan fingerprint density at radius 3 is 2.55 bits per heavy atom. The van der Waals surface area contributed by atoms with Crippen LogP contribution in [0.2, 0.25) is 0 Å². The van der Waals surface area contributed by atoms with Crippen LogP contribution in [0.15, 0.2) is 48.5 Å². The molecular weight excluding hydrogens is 364 g/mol. The summed E-state index contributed by atoms with van der Waals surface area (Å²) in [5, 5.41) is 3.94. The number of benzene rings is 2. The Morgan fingerprint density at radius 2 is 1.79 bits per heavy atom. The number of hydrogen-bond donors (Lipinski definition) is 1. The molecule has 1 aliphatic rings. The third-order valence-corrected chi connectivity index (χ3v) is 5.61. The van der Waals surface area contributed by atoms with Gasteiger partial charge in [0, 0.05) is 37.3 Å². The van der Waals surface area contributed by atoms with Crippen molar-refractivity contribution in [2.24, 2.45) is 0 Å². The predicted octanol–water partition coefficient (Wildman–Crippen LogP) is 4.21. The fraction of sp³-hybridized carbons (Fsp3) is 0.304. The van der Waals surface area contributed by atoms with Gasteiger partial charge in [-0.2, -0.15) is 0 Å². The Balaban J connectivity index is 1.45. The minimum Gasteiger partial charge on any atom is -0.479 e. The molecule has 2 heterocycles. The third-order valence-electron chi connectivity index (χ3n) is 5.61. The highest BCUT2D eigenvalue weighted by Crippen LogP contribution is 2.28. The van der Waals surface area contributed by atoms with Gasteiger partial charge in [0.2, 0.25) is 5.88 Å². The molecule has 6 nitrogen and oxygen atoms in total. The molecule has 150 valence electrons. The SMILES string of the molecule is COc1nc2ccccc2cc1NC(=O)N1CCN(c2cccc(C)c2C)CC1. The minimum atomic E-state index is -0.124. The van der Waals surface area contributed by atoms with Crippen LogP contribution in [0, 0.1) is 13.8 Å². The van der Waals surface area contributed by atoms with Crippen LogP contribution in [0.3, 0.4) is 0 Å². The largest absolute Gasteiger partial charge is 0.479 e. The number of carbonyl (C=O) groups excluding carboxylic acids is 1. The summed E-state index contributed by atoms with van der Waals surface area (Å²) in [6, 6.07) is 16.0. The van der Waals surface area contributed by atoms with Crippen LogP contribution in [-0.2, 0) is 0 Å². The zero-order valence-electron chi connectivity index (χ0n) is 17.1. The lowest BCUT2D eigenvalue weighted by Gasteiger charge is -2.37. The molecule has 1 fully saturated rings. The topological polar surface area (TPSA) is 57.7 Å². The number of nitrogens with one attached hydrogen (secondary N) is 1. The molecule has 29 heavy (non-hydrogen) atoms. The van der Waals surface area contributed by atoms with Gasteiger partial charge in [-0.25, -0.2) is 9.78 Å². The first kappa shape index (κ1) is 19.1. The van der Waals surface area contributed by atoms with Crippen LogP contribution < -0.4 is 15.0 Å². The Bertz CT molecular complexity index is 1040. The molecule has 2 aromatic carbocycles.